The van der Waals surface area contributed by atoms with Crippen molar-refractivity contribution in [3.63, 3.8) is 0 Å². The first-order valence-corrected chi connectivity index (χ1v) is 6.09. The second-order valence-electron chi connectivity index (χ2n) is 5.44. The SMILES string of the molecule is C[C@H](N)C(=O)N1CCOCC1C(=O)OC(C)(C)C. The molecule has 2 atom stereocenters. The molecular formula is C12H22N2O4. The fourth-order valence-corrected chi connectivity index (χ4v) is 1.69. The van der Waals surface area contributed by atoms with Gasteiger partial charge in [-0.05, 0) is 27.7 Å². The molecule has 1 saturated heterocycles. The van der Waals surface area contributed by atoms with E-state index < -0.39 is 23.7 Å². The zero-order valence-electron chi connectivity index (χ0n) is 11.4. The number of hydrogen-bond donors (Lipinski definition) is 1. The molecule has 0 saturated carbocycles. The first kappa shape index (κ1) is 14.9. The topological polar surface area (TPSA) is 81.9 Å². The van der Waals surface area contributed by atoms with E-state index in [1.807, 2.05) is 0 Å². The van der Waals surface area contributed by atoms with Gasteiger partial charge in [0, 0.05) is 6.54 Å². The highest BCUT2D eigenvalue weighted by atomic mass is 16.6. The van der Waals surface area contributed by atoms with E-state index in [0.29, 0.717) is 13.2 Å². The van der Waals surface area contributed by atoms with Crippen molar-refractivity contribution in [3.05, 3.63) is 0 Å². The Kier molecular flexibility index (Phi) is 4.70. The number of nitrogens with two attached hydrogens (primary N) is 1. The summed E-state index contributed by atoms with van der Waals surface area (Å²) in [5, 5.41) is 0. The molecule has 0 aromatic rings. The van der Waals surface area contributed by atoms with Crippen molar-refractivity contribution in [3.8, 4) is 0 Å². The van der Waals surface area contributed by atoms with Crippen LogP contribution in [0.1, 0.15) is 27.7 Å². The number of esters is 1. The number of hydrogen-bond acceptors (Lipinski definition) is 5. The van der Waals surface area contributed by atoms with Crippen molar-refractivity contribution >= 4 is 11.9 Å². The lowest BCUT2D eigenvalue weighted by molar-refractivity contribution is -0.172. The van der Waals surface area contributed by atoms with Crippen LogP contribution in [0, 0.1) is 0 Å². The molecule has 1 amide bonds. The van der Waals surface area contributed by atoms with Gasteiger partial charge >= 0.3 is 5.97 Å². The highest BCUT2D eigenvalue weighted by Gasteiger charge is 2.36. The van der Waals surface area contributed by atoms with Gasteiger partial charge in [-0.25, -0.2) is 4.79 Å². The zero-order valence-corrected chi connectivity index (χ0v) is 11.4. The van der Waals surface area contributed by atoms with Crippen LogP contribution in [-0.4, -0.2) is 54.2 Å². The Morgan fingerprint density at radius 2 is 2.06 bits per heavy atom. The zero-order chi connectivity index (χ0) is 13.9. The van der Waals surface area contributed by atoms with Gasteiger partial charge in [0.1, 0.15) is 5.60 Å². The molecule has 1 aliphatic rings. The molecule has 0 radical (unpaired) electrons. The quantitative estimate of drug-likeness (QED) is 0.700. The van der Waals surface area contributed by atoms with E-state index in [1.165, 1.54) is 4.90 Å². The molecule has 6 nitrogen and oxygen atoms in total. The molecule has 0 aromatic heterocycles. The molecule has 1 fully saturated rings. The van der Waals surface area contributed by atoms with Gasteiger partial charge in [-0.3, -0.25) is 4.79 Å². The van der Waals surface area contributed by atoms with Gasteiger partial charge in [0.15, 0.2) is 6.04 Å². The second-order valence-corrected chi connectivity index (χ2v) is 5.44. The van der Waals surface area contributed by atoms with E-state index in [-0.39, 0.29) is 12.5 Å². The average molecular weight is 258 g/mol. The number of carbonyl (C=O) groups is 2. The second kappa shape index (κ2) is 5.67. The number of morpholine rings is 1. The maximum Gasteiger partial charge on any atom is 0.331 e. The Morgan fingerprint density at radius 3 is 2.56 bits per heavy atom. The third kappa shape index (κ3) is 3.96. The van der Waals surface area contributed by atoms with Gasteiger partial charge in [0.2, 0.25) is 5.91 Å². The molecule has 18 heavy (non-hydrogen) atoms. The van der Waals surface area contributed by atoms with Gasteiger partial charge in [-0.2, -0.15) is 0 Å². The van der Waals surface area contributed by atoms with E-state index in [1.54, 1.807) is 27.7 Å². The van der Waals surface area contributed by atoms with Crippen LogP contribution in [-0.2, 0) is 19.1 Å². The van der Waals surface area contributed by atoms with Crippen molar-refractivity contribution in [2.75, 3.05) is 19.8 Å². The molecule has 6 heteroatoms. The van der Waals surface area contributed by atoms with Gasteiger partial charge < -0.3 is 20.1 Å². The van der Waals surface area contributed by atoms with Crippen molar-refractivity contribution in [2.45, 2.75) is 45.4 Å². The summed E-state index contributed by atoms with van der Waals surface area (Å²) >= 11 is 0. The van der Waals surface area contributed by atoms with E-state index in [2.05, 4.69) is 0 Å². The Balaban J connectivity index is 2.76. The minimum atomic E-state index is -0.698. The molecule has 0 bridgehead atoms. The summed E-state index contributed by atoms with van der Waals surface area (Å²) < 4.78 is 10.5. The third-order valence-electron chi connectivity index (χ3n) is 2.48. The van der Waals surface area contributed by atoms with Gasteiger partial charge in [0.05, 0.1) is 19.3 Å². The summed E-state index contributed by atoms with van der Waals surface area (Å²) in [7, 11) is 0. The van der Waals surface area contributed by atoms with Crippen molar-refractivity contribution in [1.29, 1.82) is 0 Å². The summed E-state index contributed by atoms with van der Waals surface area (Å²) in [5.74, 6) is -0.703. The van der Waals surface area contributed by atoms with Crippen LogP contribution >= 0.6 is 0 Å². The van der Waals surface area contributed by atoms with Gasteiger partial charge in [-0.15, -0.1) is 0 Å². The van der Waals surface area contributed by atoms with Gasteiger partial charge in [0.25, 0.3) is 0 Å². The average Bonchev–Trinajstić information content (AvgIpc) is 2.25. The number of carbonyl (C=O) groups excluding carboxylic acids is 2. The predicted octanol–water partition coefficient (Wildman–Crippen LogP) is -0.0973. The third-order valence-corrected chi connectivity index (χ3v) is 2.48. The van der Waals surface area contributed by atoms with Crippen LogP contribution < -0.4 is 5.73 Å². The summed E-state index contributed by atoms with van der Waals surface area (Å²) in [6, 6.07) is -1.33. The Labute approximate surface area is 107 Å². The highest BCUT2D eigenvalue weighted by molar-refractivity contribution is 5.87. The lowest BCUT2D eigenvalue weighted by Gasteiger charge is -2.36. The Hall–Kier alpha value is -1.14. The molecule has 1 aliphatic heterocycles. The standard InChI is InChI=1S/C12H22N2O4/c1-8(13)10(15)14-5-6-17-7-9(14)11(16)18-12(2,3)4/h8-9H,5-7,13H2,1-4H3/t8-,9?/m0/s1. The summed E-state index contributed by atoms with van der Waals surface area (Å²) in [4.78, 5) is 25.4. The smallest absolute Gasteiger partial charge is 0.331 e. The van der Waals surface area contributed by atoms with Gasteiger partial charge in [-0.1, -0.05) is 0 Å². The van der Waals surface area contributed by atoms with Crippen LogP contribution in [0.15, 0.2) is 0 Å². The minimum Gasteiger partial charge on any atom is -0.458 e. The molecule has 0 aliphatic carbocycles. The predicted molar refractivity (Wildman–Crippen MR) is 65.8 cm³/mol. The van der Waals surface area contributed by atoms with Crippen LogP contribution in [0.3, 0.4) is 0 Å². The summed E-state index contributed by atoms with van der Waals surface area (Å²) in [6.45, 7) is 7.89. The van der Waals surface area contributed by atoms with Crippen LogP contribution in [0.2, 0.25) is 0 Å². The number of ether oxygens (including phenoxy) is 2. The van der Waals surface area contributed by atoms with Crippen molar-refractivity contribution in [1.82, 2.24) is 4.90 Å². The normalized spacial score (nSPS) is 22.5. The van der Waals surface area contributed by atoms with E-state index in [0.717, 1.165) is 0 Å². The Bertz CT molecular complexity index is 323. The minimum absolute atomic E-state index is 0.160. The fraction of sp³-hybridized carbons (Fsp3) is 0.833. The molecule has 1 heterocycles. The number of nitrogens with zero attached hydrogens (tertiary/aromatic N) is 1. The lowest BCUT2D eigenvalue weighted by Crippen LogP contribution is -2.57. The highest BCUT2D eigenvalue weighted by Crippen LogP contribution is 2.15. The molecule has 0 spiro atoms. The molecule has 1 unspecified atom stereocenters. The molecule has 2 N–H and O–H groups in total. The largest absolute Gasteiger partial charge is 0.458 e. The van der Waals surface area contributed by atoms with Crippen molar-refractivity contribution in [2.24, 2.45) is 5.73 Å². The number of rotatable bonds is 2. The molecule has 0 aromatic carbocycles. The van der Waals surface area contributed by atoms with Crippen LogP contribution in [0.4, 0.5) is 0 Å². The monoisotopic (exact) mass is 258 g/mol. The van der Waals surface area contributed by atoms with Crippen molar-refractivity contribution < 1.29 is 19.1 Å². The maximum atomic E-state index is 12.0. The van der Waals surface area contributed by atoms with E-state index in [9.17, 15) is 9.59 Å². The van der Waals surface area contributed by atoms with E-state index >= 15 is 0 Å². The first-order chi connectivity index (χ1) is 8.22. The first-order valence-electron chi connectivity index (χ1n) is 6.09. The molecule has 104 valence electrons. The molecular weight excluding hydrogens is 236 g/mol. The van der Waals surface area contributed by atoms with E-state index in [4.69, 9.17) is 15.2 Å². The number of amides is 1. The lowest BCUT2D eigenvalue weighted by atomic mass is 10.1. The molecule has 1 rings (SSSR count). The Morgan fingerprint density at radius 1 is 1.44 bits per heavy atom. The fourth-order valence-electron chi connectivity index (χ4n) is 1.69. The summed E-state index contributed by atoms with van der Waals surface area (Å²) in [5.41, 5.74) is 4.99. The van der Waals surface area contributed by atoms with Crippen LogP contribution in [0.25, 0.3) is 0 Å². The maximum absolute atomic E-state index is 12.0. The summed E-state index contributed by atoms with van der Waals surface area (Å²) in [6.07, 6.45) is 0. The van der Waals surface area contributed by atoms with Crippen LogP contribution in [0.5, 0.6) is 0 Å².